The molecule has 0 radical (unpaired) electrons. The van der Waals surface area contributed by atoms with Crippen LogP contribution in [0.25, 0.3) is 27.8 Å². The van der Waals surface area contributed by atoms with Crippen LogP contribution in [0.5, 0.6) is 0 Å². The number of nitrogens with one attached hydrogen (secondary N) is 1. The Morgan fingerprint density at radius 3 is 2.50 bits per heavy atom. The Bertz CT molecular complexity index is 1390. The number of ether oxygens (including phenoxy) is 1. The molecule has 4 aromatic rings. The van der Waals surface area contributed by atoms with Gasteiger partial charge in [-0.25, -0.2) is 4.98 Å². The van der Waals surface area contributed by atoms with E-state index in [-0.39, 0.29) is 5.56 Å². The summed E-state index contributed by atoms with van der Waals surface area (Å²) in [6.07, 6.45) is 2.14. The number of anilines is 1. The van der Waals surface area contributed by atoms with E-state index in [9.17, 15) is 4.79 Å². The molecule has 0 bridgehead atoms. The van der Waals surface area contributed by atoms with Gasteiger partial charge in [0, 0.05) is 41.3 Å². The van der Waals surface area contributed by atoms with Gasteiger partial charge >= 0.3 is 0 Å². The van der Waals surface area contributed by atoms with Gasteiger partial charge in [0.15, 0.2) is 0 Å². The van der Waals surface area contributed by atoms with Crippen LogP contribution in [0, 0.1) is 5.92 Å². The fraction of sp³-hybridized carbons (Fsp3) is 0.231. The lowest BCUT2D eigenvalue weighted by Crippen LogP contribution is -2.25. The highest BCUT2D eigenvalue weighted by atomic mass is 35.5. The molecule has 3 heterocycles. The van der Waals surface area contributed by atoms with Gasteiger partial charge in [-0.3, -0.25) is 9.36 Å². The van der Waals surface area contributed by atoms with Gasteiger partial charge in [0.2, 0.25) is 0 Å². The van der Waals surface area contributed by atoms with E-state index in [0.29, 0.717) is 50.2 Å². The average molecular weight is 515 g/mol. The first-order chi connectivity index (χ1) is 16.5. The number of para-hydroxylation sites is 1. The lowest BCUT2D eigenvalue weighted by atomic mass is 10.0. The Kier molecular flexibility index (Phi) is 6.79. The van der Waals surface area contributed by atoms with E-state index in [0.717, 1.165) is 37.0 Å². The van der Waals surface area contributed by atoms with Gasteiger partial charge in [0.05, 0.1) is 33.6 Å². The van der Waals surface area contributed by atoms with E-state index in [1.165, 1.54) is 10.6 Å². The minimum absolute atomic E-state index is 0.245. The number of fused-ring (bicyclic) bond motifs is 1. The van der Waals surface area contributed by atoms with Gasteiger partial charge in [-0.1, -0.05) is 59.1 Å². The number of rotatable bonds is 5. The highest BCUT2D eigenvalue weighted by Gasteiger charge is 2.19. The van der Waals surface area contributed by atoms with Gasteiger partial charge in [-0.05, 0) is 43.0 Å². The molecule has 1 saturated heterocycles. The van der Waals surface area contributed by atoms with Crippen molar-refractivity contribution in [2.45, 2.75) is 12.8 Å². The monoisotopic (exact) mass is 513 g/mol. The van der Waals surface area contributed by atoms with E-state index >= 15 is 0 Å². The molecule has 0 aliphatic carbocycles. The van der Waals surface area contributed by atoms with Crippen LogP contribution >= 0.6 is 34.8 Å². The van der Waals surface area contributed by atoms with E-state index in [4.69, 9.17) is 44.5 Å². The van der Waals surface area contributed by atoms with Crippen LogP contribution in [0.2, 0.25) is 15.1 Å². The maximum absolute atomic E-state index is 13.1. The summed E-state index contributed by atoms with van der Waals surface area (Å²) < 4.78 is 7.15. The molecule has 0 spiro atoms. The predicted octanol–water partition coefficient (Wildman–Crippen LogP) is 6.85. The number of halogens is 3. The molecular formula is C26H22Cl3N3O2. The van der Waals surface area contributed by atoms with Gasteiger partial charge in [-0.15, -0.1) is 0 Å². The minimum Gasteiger partial charge on any atom is -0.381 e. The number of hydrogen-bond acceptors (Lipinski definition) is 4. The van der Waals surface area contributed by atoms with Crippen molar-refractivity contribution in [2.24, 2.45) is 5.92 Å². The molecule has 1 aliphatic rings. The molecule has 5 nitrogen and oxygen atoms in total. The molecule has 2 aromatic heterocycles. The summed E-state index contributed by atoms with van der Waals surface area (Å²) in [4.78, 5) is 18.0. The molecule has 0 amide bonds. The van der Waals surface area contributed by atoms with Crippen molar-refractivity contribution in [3.63, 3.8) is 0 Å². The van der Waals surface area contributed by atoms with Gasteiger partial charge < -0.3 is 10.1 Å². The first kappa shape index (κ1) is 23.2. The second-order valence-corrected chi connectivity index (χ2v) is 9.53. The molecule has 5 rings (SSSR count). The van der Waals surface area contributed by atoms with Crippen molar-refractivity contribution in [3.8, 4) is 16.9 Å². The van der Waals surface area contributed by atoms with Crippen molar-refractivity contribution < 1.29 is 4.74 Å². The lowest BCUT2D eigenvalue weighted by Gasteiger charge is -2.23. The van der Waals surface area contributed by atoms with Crippen molar-refractivity contribution in [2.75, 3.05) is 25.1 Å². The lowest BCUT2D eigenvalue weighted by molar-refractivity contribution is 0.0595. The first-order valence-electron chi connectivity index (χ1n) is 11.1. The molecule has 0 saturated carbocycles. The maximum atomic E-state index is 13.1. The molecule has 1 N–H and O–H groups in total. The summed E-state index contributed by atoms with van der Waals surface area (Å²) in [6.45, 7) is 2.24. The van der Waals surface area contributed by atoms with Gasteiger partial charge in [0.1, 0.15) is 5.82 Å². The summed E-state index contributed by atoms with van der Waals surface area (Å²) >= 11 is 19.6. The Hall–Kier alpha value is -2.57. The molecule has 34 heavy (non-hydrogen) atoms. The van der Waals surface area contributed by atoms with Crippen molar-refractivity contribution in [1.82, 2.24) is 9.55 Å². The molecule has 1 fully saturated rings. The quantitative estimate of drug-likeness (QED) is 0.316. The summed E-state index contributed by atoms with van der Waals surface area (Å²) in [5.41, 5.74) is 2.27. The van der Waals surface area contributed by atoms with Crippen LogP contribution in [0.4, 0.5) is 5.82 Å². The zero-order chi connectivity index (χ0) is 23.7. The zero-order valence-electron chi connectivity index (χ0n) is 18.2. The van der Waals surface area contributed by atoms with Crippen LogP contribution in [0.3, 0.4) is 0 Å². The third kappa shape index (κ3) is 4.53. The largest absolute Gasteiger partial charge is 0.381 e. The summed E-state index contributed by atoms with van der Waals surface area (Å²) in [6, 6.07) is 17.8. The molecule has 2 aromatic carbocycles. The van der Waals surface area contributed by atoms with Crippen molar-refractivity contribution in [1.29, 1.82) is 0 Å². The molecule has 8 heteroatoms. The minimum atomic E-state index is -0.245. The van der Waals surface area contributed by atoms with Crippen LogP contribution in [0.15, 0.2) is 65.5 Å². The van der Waals surface area contributed by atoms with Crippen LogP contribution < -0.4 is 10.9 Å². The number of pyridine rings is 2. The Balaban J connectivity index is 1.73. The Morgan fingerprint density at radius 2 is 1.76 bits per heavy atom. The predicted molar refractivity (Wildman–Crippen MR) is 140 cm³/mol. The molecular weight excluding hydrogens is 493 g/mol. The topological polar surface area (TPSA) is 56.1 Å². The zero-order valence-corrected chi connectivity index (χ0v) is 20.5. The van der Waals surface area contributed by atoms with E-state index in [1.807, 2.05) is 30.3 Å². The molecule has 1 aliphatic heterocycles. The van der Waals surface area contributed by atoms with E-state index in [1.54, 1.807) is 24.3 Å². The van der Waals surface area contributed by atoms with E-state index < -0.39 is 0 Å². The third-order valence-electron chi connectivity index (χ3n) is 6.01. The van der Waals surface area contributed by atoms with Crippen LogP contribution in [0.1, 0.15) is 12.8 Å². The normalized spacial score (nSPS) is 16.0. The van der Waals surface area contributed by atoms with Gasteiger partial charge in [-0.2, -0.15) is 0 Å². The SMILES string of the molecule is O=c1ccc2c(-c3ccccc3Cl)nc(NCC3CCCOC3)cc2n1-c1c(Cl)cccc1Cl. The van der Waals surface area contributed by atoms with E-state index in [2.05, 4.69) is 5.32 Å². The molecule has 174 valence electrons. The second kappa shape index (κ2) is 9.96. The highest BCUT2D eigenvalue weighted by Crippen LogP contribution is 2.36. The van der Waals surface area contributed by atoms with Gasteiger partial charge in [0.25, 0.3) is 5.56 Å². The summed E-state index contributed by atoms with van der Waals surface area (Å²) in [7, 11) is 0. The first-order valence-corrected chi connectivity index (χ1v) is 12.2. The number of aromatic nitrogens is 2. The van der Waals surface area contributed by atoms with Crippen LogP contribution in [-0.4, -0.2) is 29.3 Å². The summed E-state index contributed by atoms with van der Waals surface area (Å²) in [5.74, 6) is 1.03. The summed E-state index contributed by atoms with van der Waals surface area (Å²) in [5, 5.41) is 5.54. The number of nitrogens with zero attached hydrogens (tertiary/aromatic N) is 2. The van der Waals surface area contributed by atoms with Crippen molar-refractivity contribution in [3.05, 3.63) is 86.1 Å². The fourth-order valence-corrected chi connectivity index (χ4v) is 5.13. The standard InChI is InChI=1S/C26H22Cl3N3O2/c27-19-7-2-1-6-17(19)25-18-10-11-24(33)32(26-20(28)8-3-9-21(26)29)22(18)13-23(31-25)30-14-16-5-4-12-34-15-16/h1-3,6-11,13,16H,4-5,12,14-15H2,(H,30,31). The fourth-order valence-electron chi connectivity index (χ4n) is 4.34. The Morgan fingerprint density at radius 1 is 1.00 bits per heavy atom. The molecule has 1 atom stereocenters. The smallest absolute Gasteiger partial charge is 0.255 e. The third-order valence-corrected chi connectivity index (χ3v) is 6.95. The molecule has 1 unspecified atom stereocenters. The number of hydrogen-bond donors (Lipinski definition) is 1. The number of benzene rings is 2. The van der Waals surface area contributed by atoms with Crippen LogP contribution in [-0.2, 0) is 4.74 Å². The Labute approximate surface area is 212 Å². The average Bonchev–Trinajstić information content (AvgIpc) is 2.84. The maximum Gasteiger partial charge on any atom is 0.255 e. The second-order valence-electron chi connectivity index (χ2n) is 8.31. The van der Waals surface area contributed by atoms with Crippen molar-refractivity contribution >= 4 is 51.5 Å². The highest BCUT2D eigenvalue weighted by molar-refractivity contribution is 6.38.